The molecule has 3 heterocycles. The highest BCUT2D eigenvalue weighted by molar-refractivity contribution is 5.85. The van der Waals surface area contributed by atoms with Crippen LogP contribution in [0.2, 0.25) is 0 Å². The number of hydrogen-bond acceptors (Lipinski definition) is 2. The zero-order chi connectivity index (χ0) is 15.2. The Bertz CT molecular complexity index is 671. The highest BCUT2D eigenvalue weighted by atomic mass is 16.3. The Labute approximate surface area is 132 Å². The lowest BCUT2D eigenvalue weighted by atomic mass is 9.76. The minimum atomic E-state index is 0.103. The van der Waals surface area contributed by atoms with Crippen molar-refractivity contribution in [3.8, 4) is 0 Å². The van der Waals surface area contributed by atoms with E-state index in [-0.39, 0.29) is 5.41 Å². The van der Waals surface area contributed by atoms with Crippen molar-refractivity contribution >= 4 is 10.9 Å². The first-order valence-corrected chi connectivity index (χ1v) is 8.71. The van der Waals surface area contributed by atoms with Crippen molar-refractivity contribution in [1.82, 2.24) is 9.88 Å². The van der Waals surface area contributed by atoms with E-state index < -0.39 is 0 Å². The number of fused-ring (bicyclic) bond motifs is 5. The van der Waals surface area contributed by atoms with Crippen LogP contribution in [0.1, 0.15) is 49.9 Å². The van der Waals surface area contributed by atoms with Crippen LogP contribution in [0.15, 0.2) is 24.3 Å². The predicted octanol–water partition coefficient (Wildman–Crippen LogP) is 3.64. The van der Waals surface area contributed by atoms with Gasteiger partial charge in [0.15, 0.2) is 0 Å². The molecule has 0 spiro atoms. The van der Waals surface area contributed by atoms with Gasteiger partial charge in [0.2, 0.25) is 0 Å². The minimum Gasteiger partial charge on any atom is -0.396 e. The second kappa shape index (κ2) is 5.39. The lowest BCUT2D eigenvalue weighted by Gasteiger charge is -2.38. The average Bonchev–Trinajstić information content (AvgIpc) is 2.83. The van der Waals surface area contributed by atoms with Crippen LogP contribution in [0, 0.1) is 5.41 Å². The molecule has 3 heteroatoms. The van der Waals surface area contributed by atoms with Gasteiger partial charge in [0.1, 0.15) is 0 Å². The molecule has 22 heavy (non-hydrogen) atoms. The number of hydrogen-bond donors (Lipinski definition) is 2. The number of aromatic amines is 1. The average molecular weight is 298 g/mol. The molecule has 0 amide bonds. The summed E-state index contributed by atoms with van der Waals surface area (Å²) in [5, 5.41) is 11.4. The molecule has 0 radical (unpaired) electrons. The molecule has 1 aromatic heterocycles. The molecule has 0 aliphatic carbocycles. The van der Waals surface area contributed by atoms with Crippen LogP contribution in [0.5, 0.6) is 0 Å². The third-order valence-corrected chi connectivity index (χ3v) is 6.13. The van der Waals surface area contributed by atoms with Gasteiger partial charge in [0, 0.05) is 29.7 Å². The third kappa shape index (κ3) is 2.10. The zero-order valence-corrected chi connectivity index (χ0v) is 13.4. The maximum absolute atomic E-state index is 10.0. The Kier molecular flexibility index (Phi) is 3.50. The molecule has 2 N–H and O–H groups in total. The Balaban J connectivity index is 1.80. The normalized spacial score (nSPS) is 29.1. The highest BCUT2D eigenvalue weighted by Gasteiger charge is 2.39. The Morgan fingerprint density at radius 1 is 1.32 bits per heavy atom. The summed E-state index contributed by atoms with van der Waals surface area (Å²) in [6.45, 7) is 4.89. The molecule has 0 unspecified atom stereocenters. The minimum absolute atomic E-state index is 0.103. The Morgan fingerprint density at radius 2 is 2.18 bits per heavy atom. The number of benzene rings is 1. The van der Waals surface area contributed by atoms with Gasteiger partial charge in [-0.3, -0.25) is 4.90 Å². The maximum Gasteiger partial charge on any atom is 0.0507 e. The van der Waals surface area contributed by atoms with E-state index in [2.05, 4.69) is 41.1 Å². The van der Waals surface area contributed by atoms with E-state index in [0.717, 1.165) is 32.2 Å². The van der Waals surface area contributed by atoms with Crippen LogP contribution in [0.3, 0.4) is 0 Å². The second-order valence-corrected chi connectivity index (χ2v) is 7.18. The summed E-state index contributed by atoms with van der Waals surface area (Å²) >= 11 is 0. The van der Waals surface area contributed by atoms with Crippen LogP contribution in [0.25, 0.3) is 10.9 Å². The summed E-state index contributed by atoms with van der Waals surface area (Å²) in [6, 6.07) is 9.13. The van der Waals surface area contributed by atoms with Gasteiger partial charge < -0.3 is 10.1 Å². The maximum atomic E-state index is 10.0. The van der Waals surface area contributed by atoms with E-state index in [1.807, 2.05) is 0 Å². The summed E-state index contributed by atoms with van der Waals surface area (Å²) in [7, 11) is 0. The summed E-state index contributed by atoms with van der Waals surface area (Å²) < 4.78 is 0. The molecule has 1 saturated heterocycles. The largest absolute Gasteiger partial charge is 0.396 e. The Morgan fingerprint density at radius 3 is 3.00 bits per heavy atom. The molecule has 0 bridgehead atoms. The number of nitrogens with one attached hydrogen (secondary N) is 1. The van der Waals surface area contributed by atoms with E-state index in [1.165, 1.54) is 35.1 Å². The van der Waals surface area contributed by atoms with E-state index in [0.29, 0.717) is 12.6 Å². The molecular weight excluding hydrogens is 272 g/mol. The molecule has 1 fully saturated rings. The van der Waals surface area contributed by atoms with Crippen LogP contribution >= 0.6 is 0 Å². The van der Waals surface area contributed by atoms with Crippen LogP contribution in [0.4, 0.5) is 0 Å². The lowest BCUT2D eigenvalue weighted by molar-refractivity contribution is 0.0781. The monoisotopic (exact) mass is 298 g/mol. The molecule has 2 atom stereocenters. The van der Waals surface area contributed by atoms with E-state index in [9.17, 15) is 5.11 Å². The van der Waals surface area contributed by atoms with Gasteiger partial charge in [-0.05, 0) is 55.7 Å². The van der Waals surface area contributed by atoms with Crippen molar-refractivity contribution < 1.29 is 5.11 Å². The number of aliphatic hydroxyl groups is 1. The second-order valence-electron chi connectivity index (χ2n) is 7.18. The first-order valence-electron chi connectivity index (χ1n) is 8.71. The molecule has 3 nitrogen and oxygen atoms in total. The molecule has 0 saturated carbocycles. The SMILES string of the molecule is CC[C@@]1(CO)CCCN2CCc3c([nH]c4ccccc34)[C@@H]2C1. The first-order chi connectivity index (χ1) is 10.8. The molecule has 2 aliphatic rings. The molecule has 2 aliphatic heterocycles. The highest BCUT2D eigenvalue weighted by Crippen LogP contribution is 2.46. The first kappa shape index (κ1) is 14.3. The van der Waals surface area contributed by atoms with Gasteiger partial charge in [0.25, 0.3) is 0 Å². The van der Waals surface area contributed by atoms with Crippen molar-refractivity contribution in [1.29, 1.82) is 0 Å². The van der Waals surface area contributed by atoms with Crippen LogP contribution < -0.4 is 0 Å². The van der Waals surface area contributed by atoms with Gasteiger partial charge in [-0.1, -0.05) is 25.1 Å². The van der Waals surface area contributed by atoms with Crippen LogP contribution in [-0.4, -0.2) is 34.7 Å². The van der Waals surface area contributed by atoms with Crippen molar-refractivity contribution in [2.75, 3.05) is 19.7 Å². The molecule has 118 valence electrons. The van der Waals surface area contributed by atoms with Crippen molar-refractivity contribution in [2.24, 2.45) is 5.41 Å². The van der Waals surface area contributed by atoms with Crippen molar-refractivity contribution in [2.45, 2.75) is 45.1 Å². The standard InChI is InChI=1S/C19H26N2O/c1-2-19(13-22)9-5-10-21-11-8-15-14-6-3-4-7-16(14)20-18(15)17(21)12-19/h3-4,6-7,17,20,22H,2,5,8-13H2,1H3/t17-,19+/m0/s1. The Hall–Kier alpha value is -1.32. The van der Waals surface area contributed by atoms with Crippen molar-refractivity contribution in [3.63, 3.8) is 0 Å². The number of H-pyrrole nitrogens is 1. The third-order valence-electron chi connectivity index (χ3n) is 6.13. The number of aromatic nitrogens is 1. The fourth-order valence-electron chi connectivity index (χ4n) is 4.61. The number of rotatable bonds is 2. The van der Waals surface area contributed by atoms with Gasteiger partial charge in [-0.25, -0.2) is 0 Å². The fraction of sp³-hybridized carbons (Fsp3) is 0.579. The topological polar surface area (TPSA) is 39.3 Å². The molecule has 2 aromatic rings. The quantitative estimate of drug-likeness (QED) is 0.888. The predicted molar refractivity (Wildman–Crippen MR) is 90.0 cm³/mol. The van der Waals surface area contributed by atoms with Crippen molar-refractivity contribution in [3.05, 3.63) is 35.5 Å². The van der Waals surface area contributed by atoms with Gasteiger partial charge in [-0.15, -0.1) is 0 Å². The fourth-order valence-corrected chi connectivity index (χ4v) is 4.61. The summed E-state index contributed by atoms with van der Waals surface area (Å²) in [6.07, 6.45) is 5.67. The van der Waals surface area contributed by atoms with E-state index in [4.69, 9.17) is 0 Å². The molecule has 1 aromatic carbocycles. The number of para-hydroxylation sites is 1. The molecular formula is C19H26N2O. The van der Waals surface area contributed by atoms with Crippen LogP contribution in [-0.2, 0) is 6.42 Å². The summed E-state index contributed by atoms with van der Waals surface area (Å²) in [5.74, 6) is 0. The van der Waals surface area contributed by atoms with Gasteiger partial charge >= 0.3 is 0 Å². The summed E-state index contributed by atoms with van der Waals surface area (Å²) in [5.41, 5.74) is 4.30. The van der Waals surface area contributed by atoms with Gasteiger partial charge in [0.05, 0.1) is 6.04 Å². The van der Waals surface area contributed by atoms with Gasteiger partial charge in [-0.2, -0.15) is 0 Å². The number of aliphatic hydroxyl groups excluding tert-OH is 1. The lowest BCUT2D eigenvalue weighted by Crippen LogP contribution is -2.37. The summed E-state index contributed by atoms with van der Waals surface area (Å²) in [4.78, 5) is 6.35. The number of nitrogens with zero attached hydrogens (tertiary/aromatic N) is 1. The van der Waals surface area contributed by atoms with E-state index >= 15 is 0 Å². The zero-order valence-electron chi connectivity index (χ0n) is 13.4. The smallest absolute Gasteiger partial charge is 0.0507 e. The van der Waals surface area contributed by atoms with E-state index in [1.54, 1.807) is 0 Å². The molecule has 4 rings (SSSR count).